The summed E-state index contributed by atoms with van der Waals surface area (Å²) in [4.78, 5) is 13.5. The normalized spacial score (nSPS) is 17.6. The number of aromatic nitrogens is 2. The highest BCUT2D eigenvalue weighted by atomic mass is 16.5. The number of para-hydroxylation sites is 1. The van der Waals surface area contributed by atoms with Crippen LogP contribution in [0.5, 0.6) is 0 Å². The van der Waals surface area contributed by atoms with Crippen LogP contribution in [0.3, 0.4) is 0 Å². The lowest BCUT2D eigenvalue weighted by atomic mass is 10.2. The van der Waals surface area contributed by atoms with E-state index in [-0.39, 0.29) is 0 Å². The van der Waals surface area contributed by atoms with Crippen molar-refractivity contribution in [1.29, 1.82) is 0 Å². The molecule has 2 aliphatic rings. The van der Waals surface area contributed by atoms with Crippen molar-refractivity contribution in [3.63, 3.8) is 0 Å². The van der Waals surface area contributed by atoms with Crippen LogP contribution in [0.2, 0.25) is 0 Å². The van der Waals surface area contributed by atoms with Crippen LogP contribution in [0.15, 0.2) is 30.3 Å². The Balaban J connectivity index is 1.67. The number of morpholine rings is 1. The predicted octanol–water partition coefficient (Wildman–Crippen LogP) is 1.42. The van der Waals surface area contributed by atoms with Crippen molar-refractivity contribution in [2.24, 2.45) is 0 Å². The zero-order valence-electron chi connectivity index (χ0n) is 12.4. The summed E-state index contributed by atoms with van der Waals surface area (Å²) in [5.41, 5.74) is 9.36. The van der Waals surface area contributed by atoms with Crippen molar-refractivity contribution in [3.05, 3.63) is 41.6 Å². The number of ether oxygens (including phenoxy) is 1. The van der Waals surface area contributed by atoms with Crippen molar-refractivity contribution in [3.8, 4) is 0 Å². The highest BCUT2D eigenvalue weighted by molar-refractivity contribution is 5.59. The average Bonchev–Trinajstić information content (AvgIpc) is 2.99. The molecule has 0 radical (unpaired) electrons. The number of hydrogen-bond acceptors (Lipinski definition) is 6. The Labute approximate surface area is 129 Å². The molecule has 1 saturated heterocycles. The van der Waals surface area contributed by atoms with E-state index in [1.807, 2.05) is 6.07 Å². The maximum Gasteiger partial charge on any atom is 0.222 e. The predicted molar refractivity (Wildman–Crippen MR) is 85.8 cm³/mol. The third-order valence-electron chi connectivity index (χ3n) is 4.21. The van der Waals surface area contributed by atoms with E-state index < -0.39 is 0 Å². The first-order valence-corrected chi connectivity index (χ1v) is 7.59. The summed E-state index contributed by atoms with van der Waals surface area (Å²) < 4.78 is 5.43. The quantitative estimate of drug-likeness (QED) is 0.904. The fourth-order valence-corrected chi connectivity index (χ4v) is 3.11. The summed E-state index contributed by atoms with van der Waals surface area (Å²) in [5, 5.41) is 0. The number of benzene rings is 1. The maximum absolute atomic E-state index is 5.92. The lowest BCUT2D eigenvalue weighted by molar-refractivity contribution is 0.122. The molecule has 0 bridgehead atoms. The molecule has 114 valence electrons. The SMILES string of the molecule is Nc1nc2c(c(N3CCOCC3)n1)CN(c1ccccc1)C2. The smallest absolute Gasteiger partial charge is 0.222 e. The molecule has 4 rings (SSSR count). The van der Waals surface area contributed by atoms with E-state index in [0.717, 1.165) is 50.9 Å². The van der Waals surface area contributed by atoms with Gasteiger partial charge in [0.05, 0.1) is 25.5 Å². The Morgan fingerprint density at radius 2 is 1.73 bits per heavy atom. The van der Waals surface area contributed by atoms with Gasteiger partial charge in [-0.1, -0.05) is 18.2 Å². The molecule has 22 heavy (non-hydrogen) atoms. The summed E-state index contributed by atoms with van der Waals surface area (Å²) in [6.07, 6.45) is 0. The van der Waals surface area contributed by atoms with Crippen LogP contribution in [0, 0.1) is 0 Å². The van der Waals surface area contributed by atoms with E-state index in [0.29, 0.717) is 5.95 Å². The molecule has 0 aliphatic carbocycles. The van der Waals surface area contributed by atoms with Gasteiger partial charge in [-0.2, -0.15) is 4.98 Å². The zero-order chi connectivity index (χ0) is 14.9. The molecule has 0 amide bonds. The van der Waals surface area contributed by atoms with Crippen LogP contribution in [-0.2, 0) is 17.8 Å². The number of nitrogens with zero attached hydrogens (tertiary/aromatic N) is 4. The van der Waals surface area contributed by atoms with E-state index in [1.54, 1.807) is 0 Å². The van der Waals surface area contributed by atoms with Crippen molar-refractivity contribution in [1.82, 2.24) is 9.97 Å². The summed E-state index contributed by atoms with van der Waals surface area (Å²) >= 11 is 0. The highest BCUT2D eigenvalue weighted by Gasteiger charge is 2.28. The van der Waals surface area contributed by atoms with Crippen molar-refractivity contribution in [2.75, 3.05) is 41.8 Å². The summed E-state index contributed by atoms with van der Waals surface area (Å²) in [5.74, 6) is 1.33. The van der Waals surface area contributed by atoms with Gasteiger partial charge in [0.1, 0.15) is 5.82 Å². The molecule has 1 fully saturated rings. The molecule has 2 aromatic rings. The van der Waals surface area contributed by atoms with Crippen LogP contribution in [0.25, 0.3) is 0 Å². The monoisotopic (exact) mass is 297 g/mol. The van der Waals surface area contributed by atoms with Crippen LogP contribution >= 0.6 is 0 Å². The van der Waals surface area contributed by atoms with E-state index >= 15 is 0 Å². The minimum atomic E-state index is 0.357. The molecule has 0 saturated carbocycles. The molecule has 2 aliphatic heterocycles. The average molecular weight is 297 g/mol. The molecule has 6 nitrogen and oxygen atoms in total. The van der Waals surface area contributed by atoms with Gasteiger partial charge < -0.3 is 20.3 Å². The Bertz CT molecular complexity index is 670. The Hall–Kier alpha value is -2.34. The first-order chi connectivity index (χ1) is 10.8. The molecule has 2 N–H and O–H groups in total. The maximum atomic E-state index is 5.92. The number of nitrogen functional groups attached to an aromatic ring is 1. The lowest BCUT2D eigenvalue weighted by Gasteiger charge is -2.29. The number of rotatable bonds is 2. The number of fused-ring (bicyclic) bond motifs is 1. The second-order valence-electron chi connectivity index (χ2n) is 5.62. The van der Waals surface area contributed by atoms with Gasteiger partial charge in [0.25, 0.3) is 0 Å². The Morgan fingerprint density at radius 3 is 2.50 bits per heavy atom. The van der Waals surface area contributed by atoms with Crippen LogP contribution < -0.4 is 15.5 Å². The van der Waals surface area contributed by atoms with Gasteiger partial charge in [0.2, 0.25) is 5.95 Å². The minimum absolute atomic E-state index is 0.357. The molecule has 0 spiro atoms. The van der Waals surface area contributed by atoms with Gasteiger partial charge in [-0.05, 0) is 12.1 Å². The number of hydrogen-bond donors (Lipinski definition) is 1. The van der Waals surface area contributed by atoms with Crippen molar-refractivity contribution >= 4 is 17.5 Å². The molecule has 1 aromatic carbocycles. The van der Waals surface area contributed by atoms with E-state index in [2.05, 4.69) is 44.0 Å². The van der Waals surface area contributed by atoms with Gasteiger partial charge in [-0.15, -0.1) is 0 Å². The van der Waals surface area contributed by atoms with Crippen molar-refractivity contribution in [2.45, 2.75) is 13.1 Å². The zero-order valence-corrected chi connectivity index (χ0v) is 12.4. The van der Waals surface area contributed by atoms with E-state index in [1.165, 1.54) is 11.3 Å². The largest absolute Gasteiger partial charge is 0.378 e. The first kappa shape index (κ1) is 13.3. The third-order valence-corrected chi connectivity index (χ3v) is 4.21. The molecular weight excluding hydrogens is 278 g/mol. The van der Waals surface area contributed by atoms with Crippen LogP contribution in [0.4, 0.5) is 17.5 Å². The molecule has 6 heteroatoms. The summed E-state index contributed by atoms with van der Waals surface area (Å²) in [7, 11) is 0. The number of anilines is 3. The number of nitrogens with two attached hydrogens (primary N) is 1. The molecule has 0 atom stereocenters. The van der Waals surface area contributed by atoms with Crippen molar-refractivity contribution < 1.29 is 4.74 Å². The van der Waals surface area contributed by atoms with E-state index in [4.69, 9.17) is 10.5 Å². The molecular formula is C16H19N5O. The molecule has 3 heterocycles. The topological polar surface area (TPSA) is 67.5 Å². The van der Waals surface area contributed by atoms with Gasteiger partial charge in [-0.3, -0.25) is 0 Å². The summed E-state index contributed by atoms with van der Waals surface area (Å²) in [6.45, 7) is 4.79. The molecule has 1 aromatic heterocycles. The summed E-state index contributed by atoms with van der Waals surface area (Å²) in [6, 6.07) is 10.4. The standard InChI is InChI=1S/C16H19N5O/c17-16-18-14-11-21(12-4-2-1-3-5-12)10-13(14)15(19-16)20-6-8-22-9-7-20/h1-5H,6-11H2,(H2,17,18,19). The van der Waals surface area contributed by atoms with Gasteiger partial charge in [0, 0.05) is 30.9 Å². The van der Waals surface area contributed by atoms with E-state index in [9.17, 15) is 0 Å². The van der Waals surface area contributed by atoms with Crippen LogP contribution in [-0.4, -0.2) is 36.3 Å². The second kappa shape index (κ2) is 5.46. The Morgan fingerprint density at radius 1 is 0.955 bits per heavy atom. The fourth-order valence-electron chi connectivity index (χ4n) is 3.11. The fraction of sp³-hybridized carbons (Fsp3) is 0.375. The highest BCUT2D eigenvalue weighted by Crippen LogP contribution is 2.33. The first-order valence-electron chi connectivity index (χ1n) is 7.59. The molecule has 0 unspecified atom stereocenters. The Kier molecular flexibility index (Phi) is 3.31. The third kappa shape index (κ3) is 2.35. The van der Waals surface area contributed by atoms with Gasteiger partial charge in [0.15, 0.2) is 0 Å². The van der Waals surface area contributed by atoms with Gasteiger partial charge >= 0.3 is 0 Å². The minimum Gasteiger partial charge on any atom is -0.378 e. The lowest BCUT2D eigenvalue weighted by Crippen LogP contribution is -2.37. The second-order valence-corrected chi connectivity index (χ2v) is 5.62. The van der Waals surface area contributed by atoms with Crippen LogP contribution in [0.1, 0.15) is 11.3 Å². The van der Waals surface area contributed by atoms with Gasteiger partial charge in [-0.25, -0.2) is 4.98 Å².